The molecule has 1 aliphatic rings. The minimum absolute atomic E-state index is 0.113. The van der Waals surface area contributed by atoms with Gasteiger partial charge in [-0.25, -0.2) is 0 Å². The SMILES string of the molecule is COc1cc(C(=O)NC2CCSCC2)cc(OC)c1OCc1ccccc1. The molecule has 0 bridgehead atoms. The number of carbonyl (C=O) groups excluding carboxylic acids is 1. The summed E-state index contributed by atoms with van der Waals surface area (Å²) in [5.74, 6) is 3.52. The van der Waals surface area contributed by atoms with Crippen molar-refractivity contribution in [2.24, 2.45) is 0 Å². The van der Waals surface area contributed by atoms with Crippen molar-refractivity contribution in [1.29, 1.82) is 0 Å². The van der Waals surface area contributed by atoms with Crippen molar-refractivity contribution in [3.63, 3.8) is 0 Å². The lowest BCUT2D eigenvalue weighted by Crippen LogP contribution is -2.37. The molecule has 6 heteroatoms. The molecule has 0 radical (unpaired) electrons. The molecule has 0 aliphatic carbocycles. The quantitative estimate of drug-likeness (QED) is 0.781. The van der Waals surface area contributed by atoms with Gasteiger partial charge in [-0.2, -0.15) is 11.8 Å². The number of amides is 1. The molecule has 2 aromatic carbocycles. The van der Waals surface area contributed by atoms with Crippen molar-refractivity contribution in [2.45, 2.75) is 25.5 Å². The van der Waals surface area contributed by atoms with Gasteiger partial charge in [0.1, 0.15) is 6.61 Å². The first-order valence-electron chi connectivity index (χ1n) is 9.02. The van der Waals surface area contributed by atoms with Crippen LogP contribution in [0.25, 0.3) is 0 Å². The van der Waals surface area contributed by atoms with E-state index >= 15 is 0 Å². The number of nitrogens with one attached hydrogen (secondary N) is 1. The molecule has 27 heavy (non-hydrogen) atoms. The van der Waals surface area contributed by atoms with Crippen LogP contribution in [-0.2, 0) is 6.61 Å². The summed E-state index contributed by atoms with van der Waals surface area (Å²) < 4.78 is 16.9. The van der Waals surface area contributed by atoms with Crippen LogP contribution in [0.4, 0.5) is 0 Å². The van der Waals surface area contributed by atoms with Gasteiger partial charge < -0.3 is 19.5 Å². The highest BCUT2D eigenvalue weighted by Crippen LogP contribution is 2.39. The molecule has 1 fully saturated rings. The van der Waals surface area contributed by atoms with Crippen molar-refractivity contribution in [1.82, 2.24) is 5.32 Å². The minimum Gasteiger partial charge on any atom is -0.493 e. The number of thioether (sulfide) groups is 1. The topological polar surface area (TPSA) is 56.8 Å². The van der Waals surface area contributed by atoms with Gasteiger partial charge in [-0.15, -0.1) is 0 Å². The largest absolute Gasteiger partial charge is 0.493 e. The number of hydrogen-bond donors (Lipinski definition) is 1. The molecule has 3 rings (SSSR count). The normalized spacial score (nSPS) is 14.4. The first-order valence-corrected chi connectivity index (χ1v) is 10.2. The van der Waals surface area contributed by atoms with Crippen LogP contribution in [-0.4, -0.2) is 37.7 Å². The molecule has 0 aromatic heterocycles. The van der Waals surface area contributed by atoms with Gasteiger partial charge in [-0.3, -0.25) is 4.79 Å². The van der Waals surface area contributed by atoms with E-state index in [1.54, 1.807) is 26.4 Å². The van der Waals surface area contributed by atoms with E-state index in [1.807, 2.05) is 42.1 Å². The highest BCUT2D eigenvalue weighted by atomic mass is 32.2. The van der Waals surface area contributed by atoms with Crippen LogP contribution in [0, 0.1) is 0 Å². The molecule has 5 nitrogen and oxygen atoms in total. The average molecular weight is 388 g/mol. The third-order valence-corrected chi connectivity index (χ3v) is 5.55. The van der Waals surface area contributed by atoms with E-state index in [4.69, 9.17) is 14.2 Å². The summed E-state index contributed by atoms with van der Waals surface area (Å²) in [5.41, 5.74) is 1.55. The first-order chi connectivity index (χ1) is 13.2. The van der Waals surface area contributed by atoms with Crippen LogP contribution in [0.5, 0.6) is 17.2 Å². The zero-order valence-corrected chi connectivity index (χ0v) is 16.5. The van der Waals surface area contributed by atoms with Gasteiger partial charge in [0.25, 0.3) is 5.91 Å². The van der Waals surface area contributed by atoms with E-state index in [0.29, 0.717) is 29.4 Å². The summed E-state index contributed by atoms with van der Waals surface area (Å²) in [7, 11) is 3.12. The lowest BCUT2D eigenvalue weighted by atomic mass is 10.1. The molecule has 1 heterocycles. The molecule has 1 saturated heterocycles. The van der Waals surface area contributed by atoms with E-state index in [1.165, 1.54) is 0 Å². The maximum Gasteiger partial charge on any atom is 0.251 e. The molecule has 0 unspecified atom stereocenters. The van der Waals surface area contributed by atoms with Crippen LogP contribution >= 0.6 is 11.8 Å². The fourth-order valence-electron chi connectivity index (χ4n) is 2.99. The summed E-state index contributed by atoms with van der Waals surface area (Å²) in [5, 5.41) is 3.11. The molecule has 144 valence electrons. The van der Waals surface area contributed by atoms with Crippen LogP contribution in [0.15, 0.2) is 42.5 Å². The van der Waals surface area contributed by atoms with E-state index < -0.39 is 0 Å². The standard InChI is InChI=1S/C21H25NO4S/c1-24-18-12-16(21(23)22-17-8-10-27-11-9-17)13-19(25-2)20(18)26-14-15-6-4-3-5-7-15/h3-7,12-13,17H,8-11,14H2,1-2H3,(H,22,23). The molecule has 0 saturated carbocycles. The van der Waals surface area contributed by atoms with E-state index in [-0.39, 0.29) is 11.9 Å². The number of rotatable bonds is 7. The third-order valence-electron chi connectivity index (χ3n) is 4.51. The van der Waals surface area contributed by atoms with Gasteiger partial charge in [-0.05, 0) is 42.0 Å². The summed E-state index contributed by atoms with van der Waals surface area (Å²) in [6.45, 7) is 0.388. The number of ether oxygens (including phenoxy) is 3. The smallest absolute Gasteiger partial charge is 0.251 e. The van der Waals surface area contributed by atoms with Crippen molar-refractivity contribution in [2.75, 3.05) is 25.7 Å². The first kappa shape index (κ1) is 19.4. The maximum absolute atomic E-state index is 12.7. The Bertz CT molecular complexity index is 735. The monoisotopic (exact) mass is 387 g/mol. The van der Waals surface area contributed by atoms with Gasteiger partial charge in [0.15, 0.2) is 11.5 Å². The molecule has 1 amide bonds. The van der Waals surface area contributed by atoms with Crippen molar-refractivity contribution >= 4 is 17.7 Å². The summed E-state index contributed by atoms with van der Waals surface area (Å²) in [4.78, 5) is 12.7. The lowest BCUT2D eigenvalue weighted by molar-refractivity contribution is 0.0934. The third kappa shape index (κ3) is 5.10. The predicted octanol–water partition coefficient (Wildman–Crippen LogP) is 3.91. The number of benzene rings is 2. The Hall–Kier alpha value is -2.34. The lowest BCUT2D eigenvalue weighted by Gasteiger charge is -2.23. The second-order valence-corrected chi connectivity index (χ2v) is 7.57. The fraction of sp³-hybridized carbons (Fsp3) is 0.381. The van der Waals surface area contributed by atoms with Crippen LogP contribution in [0.3, 0.4) is 0 Å². The number of hydrogen-bond acceptors (Lipinski definition) is 5. The van der Waals surface area contributed by atoms with E-state index in [9.17, 15) is 4.79 Å². The Labute approximate surface area is 164 Å². The van der Waals surface area contributed by atoms with Crippen molar-refractivity contribution in [3.05, 3.63) is 53.6 Å². The summed E-state index contributed by atoms with van der Waals surface area (Å²) >= 11 is 1.93. The minimum atomic E-state index is -0.113. The fourth-order valence-corrected chi connectivity index (χ4v) is 4.10. The van der Waals surface area contributed by atoms with Crippen LogP contribution < -0.4 is 19.5 Å². The van der Waals surface area contributed by atoms with Gasteiger partial charge in [0, 0.05) is 11.6 Å². The Kier molecular flexibility index (Phi) is 6.87. The molecule has 1 aliphatic heterocycles. The Morgan fingerprint density at radius 2 is 1.70 bits per heavy atom. The zero-order chi connectivity index (χ0) is 19.1. The van der Waals surface area contributed by atoms with Crippen LogP contribution in [0.2, 0.25) is 0 Å². The van der Waals surface area contributed by atoms with Gasteiger partial charge in [-0.1, -0.05) is 30.3 Å². The molecule has 0 atom stereocenters. The number of methoxy groups -OCH3 is 2. The summed E-state index contributed by atoms with van der Waals surface area (Å²) in [6.07, 6.45) is 2.01. The highest BCUT2D eigenvalue weighted by molar-refractivity contribution is 7.99. The van der Waals surface area contributed by atoms with E-state index in [0.717, 1.165) is 29.9 Å². The van der Waals surface area contributed by atoms with Gasteiger partial charge in [0.2, 0.25) is 5.75 Å². The van der Waals surface area contributed by atoms with Crippen molar-refractivity contribution in [3.8, 4) is 17.2 Å². The highest BCUT2D eigenvalue weighted by Gasteiger charge is 2.21. The second kappa shape index (κ2) is 9.55. The molecule has 0 spiro atoms. The zero-order valence-electron chi connectivity index (χ0n) is 15.7. The Morgan fingerprint density at radius 3 is 2.30 bits per heavy atom. The van der Waals surface area contributed by atoms with E-state index in [2.05, 4.69) is 5.32 Å². The predicted molar refractivity (Wildman–Crippen MR) is 108 cm³/mol. The number of carbonyl (C=O) groups is 1. The molecular weight excluding hydrogens is 362 g/mol. The molecule has 2 aromatic rings. The van der Waals surface area contributed by atoms with Crippen molar-refractivity contribution < 1.29 is 19.0 Å². The summed E-state index contributed by atoms with van der Waals surface area (Å²) in [6, 6.07) is 13.5. The van der Waals surface area contributed by atoms with Crippen LogP contribution in [0.1, 0.15) is 28.8 Å². The second-order valence-electron chi connectivity index (χ2n) is 6.34. The average Bonchev–Trinajstić information content (AvgIpc) is 2.73. The molecule has 1 N–H and O–H groups in total. The van der Waals surface area contributed by atoms with Gasteiger partial charge >= 0.3 is 0 Å². The van der Waals surface area contributed by atoms with Gasteiger partial charge in [0.05, 0.1) is 14.2 Å². The maximum atomic E-state index is 12.7. The Balaban J connectivity index is 1.77. The molecular formula is C21H25NO4S. The Morgan fingerprint density at radius 1 is 1.07 bits per heavy atom.